The number of hydrogen-bond acceptors (Lipinski definition) is 7. The van der Waals surface area contributed by atoms with Crippen molar-refractivity contribution in [3.8, 4) is 11.5 Å². The summed E-state index contributed by atoms with van der Waals surface area (Å²) in [7, 11) is 0. The van der Waals surface area contributed by atoms with Crippen molar-refractivity contribution in [3.05, 3.63) is 83.9 Å². The summed E-state index contributed by atoms with van der Waals surface area (Å²) in [5.74, 6) is 1.60. The predicted molar refractivity (Wildman–Crippen MR) is 152 cm³/mol. The van der Waals surface area contributed by atoms with Gasteiger partial charge in [0.05, 0.1) is 51.8 Å². The molecule has 2 unspecified atom stereocenters. The maximum absolute atomic E-state index is 9.32. The Morgan fingerprint density at radius 1 is 0.513 bits per heavy atom. The molecule has 0 heterocycles. The Kier molecular flexibility index (Phi) is 10.9. The SMILES string of the molecule is CC(O)COCc1ccc2cc(OCCOCCOc3ccc4cc(COCC(C)O)ccc4c3)ccc2c1. The summed E-state index contributed by atoms with van der Waals surface area (Å²) in [6.45, 7) is 6.88. The monoisotopic (exact) mass is 534 g/mol. The number of rotatable bonds is 16. The first-order valence-electron chi connectivity index (χ1n) is 13.4. The molecule has 39 heavy (non-hydrogen) atoms. The summed E-state index contributed by atoms with van der Waals surface area (Å²) in [5, 5.41) is 23.1. The van der Waals surface area contributed by atoms with Crippen LogP contribution in [0.2, 0.25) is 0 Å². The lowest BCUT2D eigenvalue weighted by Crippen LogP contribution is -2.12. The minimum Gasteiger partial charge on any atom is -0.491 e. The lowest BCUT2D eigenvalue weighted by atomic mass is 10.1. The van der Waals surface area contributed by atoms with Gasteiger partial charge in [0.15, 0.2) is 0 Å². The zero-order valence-corrected chi connectivity index (χ0v) is 22.7. The van der Waals surface area contributed by atoms with Crippen molar-refractivity contribution in [2.75, 3.05) is 39.6 Å². The molecule has 0 aromatic heterocycles. The second-order valence-electron chi connectivity index (χ2n) is 9.72. The van der Waals surface area contributed by atoms with Crippen molar-refractivity contribution >= 4 is 21.5 Å². The molecule has 0 bridgehead atoms. The zero-order valence-electron chi connectivity index (χ0n) is 22.7. The van der Waals surface area contributed by atoms with Gasteiger partial charge in [-0.25, -0.2) is 0 Å². The van der Waals surface area contributed by atoms with Gasteiger partial charge in [-0.3, -0.25) is 0 Å². The summed E-state index contributed by atoms with van der Waals surface area (Å²) >= 11 is 0. The van der Waals surface area contributed by atoms with Gasteiger partial charge in [-0.05, 0) is 82.9 Å². The Hall–Kier alpha value is -3.20. The van der Waals surface area contributed by atoms with E-state index in [0.717, 1.165) is 44.2 Å². The van der Waals surface area contributed by atoms with Gasteiger partial charge in [0.2, 0.25) is 0 Å². The van der Waals surface area contributed by atoms with E-state index in [1.807, 2.05) is 48.5 Å². The van der Waals surface area contributed by atoms with E-state index in [4.69, 9.17) is 23.7 Å². The minimum absolute atomic E-state index is 0.326. The van der Waals surface area contributed by atoms with Gasteiger partial charge in [-0.1, -0.05) is 36.4 Å². The molecule has 4 rings (SSSR count). The van der Waals surface area contributed by atoms with Crippen LogP contribution in [0.4, 0.5) is 0 Å². The largest absolute Gasteiger partial charge is 0.491 e. The van der Waals surface area contributed by atoms with Gasteiger partial charge >= 0.3 is 0 Å². The van der Waals surface area contributed by atoms with Crippen molar-refractivity contribution in [1.29, 1.82) is 0 Å². The molecule has 2 N–H and O–H groups in total. The molecular weight excluding hydrogens is 496 g/mol. The third-order valence-electron chi connectivity index (χ3n) is 6.00. The van der Waals surface area contributed by atoms with Crippen molar-refractivity contribution in [2.24, 2.45) is 0 Å². The molecule has 7 heteroatoms. The average Bonchev–Trinajstić information content (AvgIpc) is 2.92. The maximum Gasteiger partial charge on any atom is 0.120 e. The van der Waals surface area contributed by atoms with Crippen LogP contribution >= 0.6 is 0 Å². The molecule has 0 amide bonds. The Labute approximate surface area is 229 Å². The van der Waals surface area contributed by atoms with Gasteiger partial charge in [0.25, 0.3) is 0 Å². The average molecular weight is 535 g/mol. The highest BCUT2D eigenvalue weighted by molar-refractivity contribution is 5.85. The third kappa shape index (κ3) is 9.49. The number of aliphatic hydroxyl groups excluding tert-OH is 2. The molecule has 0 saturated heterocycles. The van der Waals surface area contributed by atoms with Crippen LogP contribution in [0, 0.1) is 0 Å². The van der Waals surface area contributed by atoms with Gasteiger partial charge in [0, 0.05) is 0 Å². The molecular formula is C32H38O7. The van der Waals surface area contributed by atoms with Crippen molar-refractivity contribution < 1.29 is 33.9 Å². The number of fused-ring (bicyclic) bond motifs is 2. The van der Waals surface area contributed by atoms with E-state index in [9.17, 15) is 10.2 Å². The van der Waals surface area contributed by atoms with Gasteiger partial charge < -0.3 is 33.9 Å². The van der Waals surface area contributed by atoms with E-state index in [2.05, 4.69) is 24.3 Å². The molecule has 0 aliphatic heterocycles. The second-order valence-corrected chi connectivity index (χ2v) is 9.72. The first-order chi connectivity index (χ1) is 19.0. The molecule has 208 valence electrons. The highest BCUT2D eigenvalue weighted by atomic mass is 16.5. The van der Waals surface area contributed by atoms with E-state index in [-0.39, 0.29) is 0 Å². The van der Waals surface area contributed by atoms with Crippen LogP contribution in [0.15, 0.2) is 72.8 Å². The fourth-order valence-electron chi connectivity index (χ4n) is 4.14. The Morgan fingerprint density at radius 3 is 1.36 bits per heavy atom. The standard InChI is InChI=1S/C32H38O7/c1-23(33)19-36-21-25-3-5-29-17-31(9-7-27(29)15-25)38-13-11-35-12-14-39-32-10-8-28-16-26(4-6-30(28)18-32)22-37-20-24(2)34/h3-10,15-18,23-24,33-34H,11-14,19-22H2,1-2H3. The summed E-state index contributed by atoms with van der Waals surface area (Å²) in [6, 6.07) is 24.4. The molecule has 4 aromatic rings. The topological polar surface area (TPSA) is 86.6 Å². The normalized spacial score (nSPS) is 13.0. The van der Waals surface area contributed by atoms with Crippen molar-refractivity contribution in [3.63, 3.8) is 0 Å². The van der Waals surface area contributed by atoms with Crippen LogP contribution in [0.5, 0.6) is 11.5 Å². The zero-order chi connectivity index (χ0) is 27.5. The van der Waals surface area contributed by atoms with Crippen LogP contribution in [0.25, 0.3) is 21.5 Å². The number of hydrogen-bond donors (Lipinski definition) is 2. The Balaban J connectivity index is 1.14. The molecule has 4 aromatic carbocycles. The first-order valence-corrected chi connectivity index (χ1v) is 13.4. The molecule has 0 fully saturated rings. The second kappa shape index (κ2) is 14.8. The van der Waals surface area contributed by atoms with E-state index in [1.54, 1.807) is 13.8 Å². The third-order valence-corrected chi connectivity index (χ3v) is 6.00. The van der Waals surface area contributed by atoms with E-state index >= 15 is 0 Å². The smallest absolute Gasteiger partial charge is 0.120 e. The highest BCUT2D eigenvalue weighted by Gasteiger charge is 2.04. The van der Waals surface area contributed by atoms with Crippen LogP contribution in [0.1, 0.15) is 25.0 Å². The molecule has 0 spiro atoms. The number of benzene rings is 4. The lowest BCUT2D eigenvalue weighted by molar-refractivity contribution is 0.0376. The fourth-order valence-corrected chi connectivity index (χ4v) is 4.14. The van der Waals surface area contributed by atoms with E-state index in [1.165, 1.54) is 0 Å². The Morgan fingerprint density at radius 2 is 0.923 bits per heavy atom. The highest BCUT2D eigenvalue weighted by Crippen LogP contribution is 2.24. The summed E-state index contributed by atoms with van der Waals surface area (Å²) in [5.41, 5.74) is 2.14. The minimum atomic E-state index is -0.463. The van der Waals surface area contributed by atoms with Crippen molar-refractivity contribution in [1.82, 2.24) is 0 Å². The molecule has 0 aliphatic carbocycles. The summed E-state index contributed by atoms with van der Waals surface area (Å²) < 4.78 is 28.4. The predicted octanol–water partition coefficient (Wildman–Crippen LogP) is 5.26. The summed E-state index contributed by atoms with van der Waals surface area (Å²) in [6.07, 6.45) is -0.925. The molecule has 0 saturated carbocycles. The molecule has 0 aliphatic rings. The molecule has 0 radical (unpaired) electrons. The van der Waals surface area contributed by atoms with Gasteiger partial charge in [0.1, 0.15) is 24.7 Å². The number of ether oxygens (including phenoxy) is 5. The van der Waals surface area contributed by atoms with Crippen LogP contribution < -0.4 is 9.47 Å². The van der Waals surface area contributed by atoms with E-state index in [0.29, 0.717) is 52.9 Å². The van der Waals surface area contributed by atoms with Crippen LogP contribution in [-0.4, -0.2) is 62.1 Å². The number of aliphatic hydroxyl groups is 2. The summed E-state index contributed by atoms with van der Waals surface area (Å²) in [4.78, 5) is 0. The van der Waals surface area contributed by atoms with E-state index < -0.39 is 12.2 Å². The molecule has 2 atom stereocenters. The van der Waals surface area contributed by atoms with Crippen LogP contribution in [0.3, 0.4) is 0 Å². The Bertz CT molecular complexity index is 1220. The fraction of sp³-hybridized carbons (Fsp3) is 0.375. The quantitative estimate of drug-likeness (QED) is 0.190. The molecule has 7 nitrogen and oxygen atoms in total. The maximum atomic E-state index is 9.32. The van der Waals surface area contributed by atoms with Gasteiger partial charge in [-0.15, -0.1) is 0 Å². The van der Waals surface area contributed by atoms with Crippen molar-refractivity contribution in [2.45, 2.75) is 39.3 Å². The first kappa shape index (κ1) is 28.8. The van der Waals surface area contributed by atoms with Crippen LogP contribution in [-0.2, 0) is 27.4 Å². The lowest BCUT2D eigenvalue weighted by Gasteiger charge is -2.11. The van der Waals surface area contributed by atoms with Gasteiger partial charge in [-0.2, -0.15) is 0 Å².